The Morgan fingerprint density at radius 3 is 2.10 bits per heavy atom. The van der Waals surface area contributed by atoms with E-state index in [1.165, 1.54) is 28.6 Å². The first-order valence-corrected chi connectivity index (χ1v) is 10.8. The van der Waals surface area contributed by atoms with Crippen LogP contribution >= 0.6 is 11.6 Å². The van der Waals surface area contributed by atoms with E-state index < -0.39 is 28.0 Å². The first-order chi connectivity index (χ1) is 13.8. The highest BCUT2D eigenvalue weighted by Crippen LogP contribution is 2.25. The summed E-state index contributed by atoms with van der Waals surface area (Å²) in [6.45, 7) is 1.05. The number of nitrogens with zero attached hydrogens (tertiary/aromatic N) is 2. The summed E-state index contributed by atoms with van der Waals surface area (Å²) in [5, 5.41) is 2.58. The molecule has 8 nitrogen and oxygen atoms in total. The summed E-state index contributed by atoms with van der Waals surface area (Å²) >= 11 is 5.84. The number of nitrogens with one attached hydrogen (secondary N) is 1. The molecule has 0 saturated carbocycles. The second kappa shape index (κ2) is 8.91. The van der Waals surface area contributed by atoms with Gasteiger partial charge in [-0.15, -0.1) is 0 Å². The Hall–Kier alpha value is -2.46. The lowest BCUT2D eigenvalue weighted by molar-refractivity contribution is -0.126. The molecule has 2 aromatic carbocycles. The van der Waals surface area contributed by atoms with E-state index in [0.717, 1.165) is 0 Å². The number of primary amides is 1. The molecule has 0 bridgehead atoms. The fraction of sp³-hybridized carbons (Fsp3) is 0.263. The lowest BCUT2D eigenvalue weighted by Crippen LogP contribution is -2.53. The number of rotatable bonds is 5. The molecule has 154 valence electrons. The molecule has 0 aromatic heterocycles. The van der Waals surface area contributed by atoms with E-state index in [-0.39, 0.29) is 18.0 Å². The van der Waals surface area contributed by atoms with Crippen molar-refractivity contribution < 1.29 is 18.0 Å². The lowest BCUT2D eigenvalue weighted by atomic mass is 10.0. The molecule has 1 aliphatic heterocycles. The maximum atomic E-state index is 12.8. The quantitative estimate of drug-likeness (QED) is 0.738. The molecule has 0 aliphatic carbocycles. The Morgan fingerprint density at radius 1 is 0.966 bits per heavy atom. The number of benzene rings is 2. The molecular weight excluding hydrogens is 416 g/mol. The highest BCUT2D eigenvalue weighted by Gasteiger charge is 2.34. The van der Waals surface area contributed by atoms with E-state index in [0.29, 0.717) is 23.7 Å². The topological polar surface area (TPSA) is 113 Å². The van der Waals surface area contributed by atoms with Gasteiger partial charge in [-0.3, -0.25) is 15.0 Å². The van der Waals surface area contributed by atoms with E-state index >= 15 is 0 Å². The van der Waals surface area contributed by atoms with Crippen LogP contribution in [-0.4, -0.2) is 55.7 Å². The van der Waals surface area contributed by atoms with Gasteiger partial charge in [0.1, 0.15) is 6.04 Å². The van der Waals surface area contributed by atoms with Gasteiger partial charge in [0, 0.05) is 31.2 Å². The predicted molar refractivity (Wildman–Crippen MR) is 109 cm³/mol. The van der Waals surface area contributed by atoms with Gasteiger partial charge in [0.2, 0.25) is 15.9 Å². The molecule has 3 amide bonds. The molecule has 3 N–H and O–H groups in total. The zero-order chi connectivity index (χ0) is 21.0. The standard InChI is InChI=1S/C19H21ClN4O4S/c20-15-6-8-16(9-7-15)29(27,28)24-12-10-23(11-13-24)17(18(25)22-19(21)26)14-4-2-1-3-5-14/h1-9,17H,10-13H2,(H3,21,22,25,26). The minimum absolute atomic E-state index is 0.168. The van der Waals surface area contributed by atoms with Crippen molar-refractivity contribution in [2.45, 2.75) is 10.9 Å². The summed E-state index contributed by atoms with van der Waals surface area (Å²) < 4.78 is 27.1. The summed E-state index contributed by atoms with van der Waals surface area (Å²) in [6.07, 6.45) is 0. The molecular formula is C19H21ClN4O4S. The molecule has 0 radical (unpaired) electrons. The van der Waals surface area contributed by atoms with Crippen molar-refractivity contribution in [1.29, 1.82) is 0 Å². The van der Waals surface area contributed by atoms with Gasteiger partial charge in [-0.25, -0.2) is 13.2 Å². The van der Waals surface area contributed by atoms with Crippen molar-refractivity contribution in [2.75, 3.05) is 26.2 Å². The van der Waals surface area contributed by atoms with Gasteiger partial charge < -0.3 is 5.73 Å². The zero-order valence-electron chi connectivity index (χ0n) is 15.5. The number of piperazine rings is 1. The number of hydrogen-bond acceptors (Lipinski definition) is 5. The van der Waals surface area contributed by atoms with E-state index in [1.807, 2.05) is 11.0 Å². The predicted octanol–water partition coefficient (Wildman–Crippen LogP) is 1.58. The summed E-state index contributed by atoms with van der Waals surface area (Å²) in [4.78, 5) is 25.8. The van der Waals surface area contributed by atoms with Gasteiger partial charge in [-0.05, 0) is 29.8 Å². The number of imide groups is 1. The van der Waals surface area contributed by atoms with Crippen molar-refractivity contribution in [3.05, 3.63) is 65.2 Å². The minimum atomic E-state index is -3.66. The average molecular weight is 437 g/mol. The van der Waals surface area contributed by atoms with Crippen molar-refractivity contribution in [3.63, 3.8) is 0 Å². The third kappa shape index (κ3) is 4.94. The normalized spacial score (nSPS) is 16.9. The van der Waals surface area contributed by atoms with Gasteiger partial charge in [0.05, 0.1) is 4.90 Å². The number of halogens is 1. The van der Waals surface area contributed by atoms with Crippen LogP contribution in [0.25, 0.3) is 0 Å². The Kier molecular flexibility index (Phi) is 6.53. The summed E-state index contributed by atoms with van der Waals surface area (Å²) in [7, 11) is -3.66. The monoisotopic (exact) mass is 436 g/mol. The smallest absolute Gasteiger partial charge is 0.318 e. The van der Waals surface area contributed by atoms with Crippen molar-refractivity contribution >= 4 is 33.6 Å². The van der Waals surface area contributed by atoms with Crippen LogP contribution in [-0.2, 0) is 14.8 Å². The number of sulfonamides is 1. The van der Waals surface area contributed by atoms with Crippen LogP contribution in [0, 0.1) is 0 Å². The van der Waals surface area contributed by atoms with E-state index in [4.69, 9.17) is 17.3 Å². The zero-order valence-corrected chi connectivity index (χ0v) is 17.1. The number of nitrogens with two attached hydrogens (primary N) is 1. The molecule has 3 rings (SSSR count). The Morgan fingerprint density at radius 2 is 1.55 bits per heavy atom. The van der Waals surface area contributed by atoms with Gasteiger partial charge in [0.25, 0.3) is 0 Å². The summed E-state index contributed by atoms with van der Waals surface area (Å²) in [6, 6.07) is 13.3. The third-order valence-corrected chi connectivity index (χ3v) is 6.86. The molecule has 1 aliphatic rings. The van der Waals surface area contributed by atoms with Crippen molar-refractivity contribution in [3.8, 4) is 0 Å². The minimum Gasteiger partial charge on any atom is -0.351 e. The Bertz CT molecular complexity index is 975. The maximum absolute atomic E-state index is 12.8. The number of carbonyl (C=O) groups excluding carboxylic acids is 2. The van der Waals surface area contributed by atoms with Gasteiger partial charge in [-0.2, -0.15) is 4.31 Å². The summed E-state index contributed by atoms with van der Waals surface area (Å²) in [5.41, 5.74) is 5.80. The highest BCUT2D eigenvalue weighted by molar-refractivity contribution is 7.89. The number of hydrogen-bond donors (Lipinski definition) is 2. The first-order valence-electron chi connectivity index (χ1n) is 8.94. The van der Waals surface area contributed by atoms with Gasteiger partial charge >= 0.3 is 6.03 Å². The molecule has 2 aromatic rings. The second-order valence-electron chi connectivity index (χ2n) is 6.56. The van der Waals surface area contributed by atoms with Gasteiger partial charge in [0.15, 0.2) is 0 Å². The number of amides is 3. The molecule has 1 saturated heterocycles. The van der Waals surface area contributed by atoms with Crippen LogP contribution in [0.3, 0.4) is 0 Å². The molecule has 0 spiro atoms. The Balaban J connectivity index is 1.77. The molecule has 1 unspecified atom stereocenters. The second-order valence-corrected chi connectivity index (χ2v) is 8.94. The highest BCUT2D eigenvalue weighted by atomic mass is 35.5. The van der Waals surface area contributed by atoms with Crippen LogP contribution in [0.2, 0.25) is 5.02 Å². The Labute approximate surface area is 174 Å². The average Bonchev–Trinajstić information content (AvgIpc) is 2.69. The molecule has 1 heterocycles. The molecule has 29 heavy (non-hydrogen) atoms. The maximum Gasteiger partial charge on any atom is 0.318 e. The fourth-order valence-corrected chi connectivity index (χ4v) is 4.86. The van der Waals surface area contributed by atoms with E-state index in [1.54, 1.807) is 24.3 Å². The third-order valence-electron chi connectivity index (χ3n) is 4.70. The first kappa shape index (κ1) is 21.3. The van der Waals surface area contributed by atoms with E-state index in [2.05, 4.69) is 5.32 Å². The fourth-order valence-electron chi connectivity index (χ4n) is 3.31. The van der Waals surface area contributed by atoms with Gasteiger partial charge in [-0.1, -0.05) is 41.9 Å². The summed E-state index contributed by atoms with van der Waals surface area (Å²) in [5.74, 6) is -0.544. The van der Waals surface area contributed by atoms with Crippen LogP contribution in [0.5, 0.6) is 0 Å². The SMILES string of the molecule is NC(=O)NC(=O)C(c1ccccc1)N1CCN(S(=O)(=O)c2ccc(Cl)cc2)CC1. The largest absolute Gasteiger partial charge is 0.351 e. The van der Waals surface area contributed by atoms with Crippen molar-refractivity contribution in [1.82, 2.24) is 14.5 Å². The van der Waals surface area contributed by atoms with Crippen LogP contribution in [0.4, 0.5) is 4.79 Å². The number of carbonyl (C=O) groups is 2. The van der Waals surface area contributed by atoms with Crippen molar-refractivity contribution in [2.24, 2.45) is 5.73 Å². The molecule has 1 atom stereocenters. The van der Waals surface area contributed by atoms with Crippen LogP contribution in [0.15, 0.2) is 59.5 Å². The molecule has 10 heteroatoms. The molecule has 1 fully saturated rings. The lowest BCUT2D eigenvalue weighted by Gasteiger charge is -2.38. The number of urea groups is 1. The van der Waals surface area contributed by atoms with Crippen LogP contribution < -0.4 is 11.1 Å². The van der Waals surface area contributed by atoms with Crippen LogP contribution in [0.1, 0.15) is 11.6 Å². The van der Waals surface area contributed by atoms with E-state index in [9.17, 15) is 18.0 Å².